The highest BCUT2D eigenvalue weighted by Crippen LogP contribution is 2.29. The molecule has 0 aromatic carbocycles. The van der Waals surface area contributed by atoms with E-state index in [1.54, 1.807) is 30.6 Å². The van der Waals surface area contributed by atoms with Crippen LogP contribution in [0.15, 0.2) is 40.9 Å². The van der Waals surface area contributed by atoms with Gasteiger partial charge in [0.05, 0.1) is 4.34 Å². The van der Waals surface area contributed by atoms with Crippen molar-refractivity contribution in [3.63, 3.8) is 0 Å². The highest BCUT2D eigenvalue weighted by atomic mass is 35.5. The number of halogens is 1. The third kappa shape index (κ3) is 3.38. The molecule has 0 unspecified atom stereocenters. The molecule has 0 aliphatic carbocycles. The topological polar surface area (TPSA) is 50.3 Å². The first-order valence-electron chi connectivity index (χ1n) is 6.07. The molecule has 0 amide bonds. The summed E-state index contributed by atoms with van der Waals surface area (Å²) in [6, 6.07) is 6.64. The maximum absolute atomic E-state index is 12.6. The van der Waals surface area contributed by atoms with E-state index in [1.807, 2.05) is 19.9 Å². The van der Waals surface area contributed by atoms with Crippen LogP contribution in [0.2, 0.25) is 4.34 Å². The first-order valence-corrected chi connectivity index (χ1v) is 8.71. The summed E-state index contributed by atoms with van der Waals surface area (Å²) >= 11 is 6.91. The molecule has 0 spiro atoms. The molecule has 2 rings (SSSR count). The van der Waals surface area contributed by atoms with E-state index in [4.69, 9.17) is 11.6 Å². The molecule has 0 bridgehead atoms. The van der Waals surface area contributed by atoms with Crippen LogP contribution in [0.4, 0.5) is 0 Å². The number of sulfonamides is 1. The Balaban J connectivity index is 2.33. The Labute approximate surface area is 128 Å². The second-order valence-corrected chi connectivity index (χ2v) is 8.40. The molecule has 2 aromatic heterocycles. The zero-order chi connectivity index (χ0) is 14.8. The molecule has 0 saturated carbocycles. The molecule has 0 saturated heterocycles. The lowest BCUT2D eigenvalue weighted by molar-refractivity contribution is 0.348. The van der Waals surface area contributed by atoms with Crippen LogP contribution in [-0.4, -0.2) is 23.7 Å². The SMILES string of the molecule is CC(C)N(Cc1cccnc1)S(=O)(=O)c1ccc(Cl)s1. The summed E-state index contributed by atoms with van der Waals surface area (Å²) in [5.41, 5.74) is 0.854. The number of pyridine rings is 1. The molecule has 4 nitrogen and oxygen atoms in total. The molecule has 0 radical (unpaired) electrons. The molecule has 7 heteroatoms. The van der Waals surface area contributed by atoms with Gasteiger partial charge in [0, 0.05) is 25.0 Å². The van der Waals surface area contributed by atoms with Crippen LogP contribution in [0.25, 0.3) is 0 Å². The van der Waals surface area contributed by atoms with Crippen molar-refractivity contribution < 1.29 is 8.42 Å². The lowest BCUT2D eigenvalue weighted by Gasteiger charge is -2.25. The van der Waals surface area contributed by atoms with E-state index in [1.165, 1.54) is 4.31 Å². The summed E-state index contributed by atoms with van der Waals surface area (Å²) in [6.45, 7) is 4.00. The summed E-state index contributed by atoms with van der Waals surface area (Å²) in [4.78, 5) is 4.02. The maximum atomic E-state index is 12.6. The van der Waals surface area contributed by atoms with Crippen LogP contribution >= 0.6 is 22.9 Å². The van der Waals surface area contributed by atoms with Crippen LogP contribution in [-0.2, 0) is 16.6 Å². The summed E-state index contributed by atoms with van der Waals surface area (Å²) in [6.07, 6.45) is 3.34. The fourth-order valence-electron chi connectivity index (χ4n) is 1.77. The van der Waals surface area contributed by atoms with Gasteiger partial charge in [0.1, 0.15) is 4.21 Å². The number of hydrogen-bond acceptors (Lipinski definition) is 4. The second-order valence-electron chi connectivity index (χ2n) is 4.56. The van der Waals surface area contributed by atoms with Crippen molar-refractivity contribution >= 4 is 33.0 Å². The minimum Gasteiger partial charge on any atom is -0.264 e. The number of nitrogens with zero attached hydrogens (tertiary/aromatic N) is 2. The monoisotopic (exact) mass is 330 g/mol. The largest absolute Gasteiger partial charge is 0.264 e. The standard InChI is InChI=1S/C13H15ClN2O2S2/c1-10(2)16(9-11-4-3-7-15-8-11)20(17,18)13-6-5-12(14)19-13/h3-8,10H,9H2,1-2H3. The van der Waals surface area contributed by atoms with Crippen molar-refractivity contribution in [2.24, 2.45) is 0 Å². The van der Waals surface area contributed by atoms with Gasteiger partial charge in [-0.3, -0.25) is 4.98 Å². The zero-order valence-corrected chi connectivity index (χ0v) is 13.5. The average Bonchev–Trinajstić information content (AvgIpc) is 2.84. The normalized spacial score (nSPS) is 12.2. The number of aromatic nitrogens is 1. The molecular weight excluding hydrogens is 316 g/mol. The highest BCUT2D eigenvalue weighted by Gasteiger charge is 2.28. The van der Waals surface area contributed by atoms with Gasteiger partial charge < -0.3 is 0 Å². The first-order chi connectivity index (χ1) is 9.41. The molecule has 2 aromatic rings. The predicted octanol–water partition coefficient (Wildman–Crippen LogP) is 3.40. The first kappa shape index (κ1) is 15.4. The summed E-state index contributed by atoms with van der Waals surface area (Å²) in [7, 11) is -3.54. The summed E-state index contributed by atoms with van der Waals surface area (Å²) < 4.78 is 27.5. The van der Waals surface area contributed by atoms with Crippen molar-refractivity contribution in [3.8, 4) is 0 Å². The fourth-order valence-corrected chi connectivity index (χ4v) is 5.01. The van der Waals surface area contributed by atoms with E-state index in [2.05, 4.69) is 4.98 Å². The van der Waals surface area contributed by atoms with Gasteiger partial charge in [-0.05, 0) is 37.6 Å². The number of rotatable bonds is 5. The minimum absolute atomic E-state index is 0.152. The van der Waals surface area contributed by atoms with E-state index in [0.717, 1.165) is 16.9 Å². The van der Waals surface area contributed by atoms with Crippen LogP contribution < -0.4 is 0 Å². The quantitative estimate of drug-likeness (QED) is 0.844. The van der Waals surface area contributed by atoms with Crippen molar-refractivity contribution in [1.82, 2.24) is 9.29 Å². The van der Waals surface area contributed by atoms with Crippen molar-refractivity contribution in [3.05, 3.63) is 46.6 Å². The average molecular weight is 331 g/mol. The molecular formula is C13H15ClN2O2S2. The third-order valence-corrected chi connectivity index (χ3v) is 6.47. The van der Waals surface area contributed by atoms with E-state index >= 15 is 0 Å². The van der Waals surface area contributed by atoms with Crippen molar-refractivity contribution in [2.45, 2.75) is 30.6 Å². The molecule has 0 fully saturated rings. The number of thiophene rings is 1. The van der Waals surface area contributed by atoms with Crippen LogP contribution in [0, 0.1) is 0 Å². The minimum atomic E-state index is -3.54. The molecule has 2 heterocycles. The lowest BCUT2D eigenvalue weighted by atomic mass is 10.2. The Morgan fingerprint density at radius 3 is 2.60 bits per heavy atom. The second kappa shape index (κ2) is 6.22. The van der Waals surface area contributed by atoms with Gasteiger partial charge in [-0.1, -0.05) is 17.7 Å². The van der Waals surface area contributed by atoms with Gasteiger partial charge in [0.25, 0.3) is 10.0 Å². The highest BCUT2D eigenvalue weighted by molar-refractivity contribution is 7.91. The lowest BCUT2D eigenvalue weighted by Crippen LogP contribution is -2.36. The van der Waals surface area contributed by atoms with Crippen LogP contribution in [0.5, 0.6) is 0 Å². The van der Waals surface area contributed by atoms with E-state index in [0.29, 0.717) is 10.9 Å². The zero-order valence-electron chi connectivity index (χ0n) is 11.2. The van der Waals surface area contributed by atoms with Crippen molar-refractivity contribution in [1.29, 1.82) is 0 Å². The van der Waals surface area contributed by atoms with Gasteiger partial charge in [0.15, 0.2) is 0 Å². The van der Waals surface area contributed by atoms with Gasteiger partial charge >= 0.3 is 0 Å². The summed E-state index contributed by atoms with van der Waals surface area (Å²) in [5, 5.41) is 0. The predicted molar refractivity (Wildman–Crippen MR) is 81.4 cm³/mol. The van der Waals surface area contributed by atoms with Crippen LogP contribution in [0.1, 0.15) is 19.4 Å². The molecule has 0 aliphatic heterocycles. The van der Waals surface area contributed by atoms with Gasteiger partial charge in [-0.2, -0.15) is 4.31 Å². The maximum Gasteiger partial charge on any atom is 0.253 e. The Morgan fingerprint density at radius 2 is 2.10 bits per heavy atom. The molecule has 20 heavy (non-hydrogen) atoms. The van der Waals surface area contributed by atoms with E-state index < -0.39 is 10.0 Å². The van der Waals surface area contributed by atoms with E-state index in [-0.39, 0.29) is 10.3 Å². The van der Waals surface area contributed by atoms with Gasteiger partial charge in [-0.15, -0.1) is 11.3 Å². The molecule has 0 N–H and O–H groups in total. The Morgan fingerprint density at radius 1 is 1.35 bits per heavy atom. The van der Waals surface area contributed by atoms with Gasteiger partial charge in [0.2, 0.25) is 0 Å². The molecule has 0 atom stereocenters. The van der Waals surface area contributed by atoms with Crippen LogP contribution in [0.3, 0.4) is 0 Å². The Bertz CT molecular complexity index is 669. The number of hydrogen-bond donors (Lipinski definition) is 0. The molecule has 0 aliphatic rings. The Kier molecular flexibility index (Phi) is 4.80. The van der Waals surface area contributed by atoms with Gasteiger partial charge in [-0.25, -0.2) is 8.42 Å². The summed E-state index contributed by atoms with van der Waals surface area (Å²) in [5.74, 6) is 0. The fraction of sp³-hybridized carbons (Fsp3) is 0.308. The molecule has 108 valence electrons. The van der Waals surface area contributed by atoms with Crippen molar-refractivity contribution in [2.75, 3.05) is 0 Å². The van der Waals surface area contributed by atoms with E-state index in [9.17, 15) is 8.42 Å². The third-order valence-electron chi connectivity index (χ3n) is 2.75. The smallest absolute Gasteiger partial charge is 0.253 e. The Hall–Kier alpha value is -0.950.